The molecule has 2 N–H and O–H groups in total. The van der Waals surface area contributed by atoms with Gasteiger partial charge in [0.25, 0.3) is 0 Å². The zero-order valence-corrected chi connectivity index (χ0v) is 18.7. The average Bonchev–Trinajstić information content (AvgIpc) is 3.50. The first kappa shape index (κ1) is 21.0. The Balaban J connectivity index is 1.12. The minimum atomic E-state index is -0.168. The monoisotopic (exact) mass is 472 g/mol. The molecule has 0 radical (unpaired) electrons. The summed E-state index contributed by atoms with van der Waals surface area (Å²) in [5, 5.41) is 19.5. The zero-order valence-electron chi connectivity index (χ0n) is 17.2. The van der Waals surface area contributed by atoms with E-state index in [9.17, 15) is 0 Å². The highest BCUT2D eigenvalue weighted by Crippen LogP contribution is 2.31. The fourth-order valence-electron chi connectivity index (χ4n) is 4.06. The van der Waals surface area contributed by atoms with E-state index in [0.29, 0.717) is 34.9 Å². The van der Waals surface area contributed by atoms with Crippen LogP contribution in [0.4, 0.5) is 5.95 Å². The summed E-state index contributed by atoms with van der Waals surface area (Å²) in [4.78, 5) is 16.8. The number of anilines is 1. The summed E-state index contributed by atoms with van der Waals surface area (Å²) < 4.78 is 0. The minimum absolute atomic E-state index is 0.168. The normalized spacial score (nSPS) is 19.0. The predicted octanol–water partition coefficient (Wildman–Crippen LogP) is 4.17. The smallest absolute Gasteiger partial charge is 0.222 e. The number of piperidine rings is 1. The number of nitrogens with one attached hydrogen (secondary N) is 2. The number of nitrogens with zero attached hydrogens (tertiary/aromatic N) is 6. The van der Waals surface area contributed by atoms with Crippen LogP contribution in [0.1, 0.15) is 48.1 Å². The Morgan fingerprint density at radius 3 is 2.50 bits per heavy atom. The molecule has 166 valence electrons. The van der Waals surface area contributed by atoms with Crippen molar-refractivity contribution in [2.75, 3.05) is 18.4 Å². The SMILES string of the molecule is Clc1cc(Cl)cc(CNc2ncc(C3CC(N4CCC(c5cn[nH]n5)CC4)=NO3)cn2)c1. The van der Waals surface area contributed by atoms with E-state index in [2.05, 4.69) is 40.8 Å². The number of amidine groups is 1. The van der Waals surface area contributed by atoms with Gasteiger partial charge in [-0.25, -0.2) is 9.97 Å². The van der Waals surface area contributed by atoms with Crippen LogP contribution in [0.15, 0.2) is 41.9 Å². The maximum atomic E-state index is 6.05. The molecule has 1 unspecified atom stereocenters. The first-order valence-corrected chi connectivity index (χ1v) is 11.2. The van der Waals surface area contributed by atoms with Crippen LogP contribution in [-0.2, 0) is 11.4 Å². The maximum Gasteiger partial charge on any atom is 0.222 e. The topological polar surface area (TPSA) is 104 Å². The number of benzene rings is 1. The first-order valence-electron chi connectivity index (χ1n) is 10.5. The number of oxime groups is 1. The van der Waals surface area contributed by atoms with E-state index in [-0.39, 0.29) is 6.10 Å². The molecule has 2 aliphatic heterocycles. The van der Waals surface area contributed by atoms with Crippen molar-refractivity contribution in [2.45, 2.75) is 37.8 Å². The highest BCUT2D eigenvalue weighted by Gasteiger charge is 2.30. The molecule has 2 aliphatic rings. The van der Waals surface area contributed by atoms with E-state index in [1.54, 1.807) is 18.5 Å². The third-order valence-corrected chi connectivity index (χ3v) is 6.22. The van der Waals surface area contributed by atoms with Crippen LogP contribution < -0.4 is 5.32 Å². The zero-order chi connectivity index (χ0) is 21.9. The van der Waals surface area contributed by atoms with Gasteiger partial charge in [0, 0.05) is 53.6 Å². The fourth-order valence-corrected chi connectivity index (χ4v) is 4.63. The Kier molecular flexibility index (Phi) is 6.09. The molecule has 1 atom stereocenters. The molecule has 4 heterocycles. The lowest BCUT2D eigenvalue weighted by atomic mass is 9.93. The van der Waals surface area contributed by atoms with Crippen molar-refractivity contribution in [1.82, 2.24) is 30.3 Å². The summed E-state index contributed by atoms with van der Waals surface area (Å²) in [6.45, 7) is 2.38. The van der Waals surface area contributed by atoms with E-state index in [1.165, 1.54) is 0 Å². The third-order valence-electron chi connectivity index (χ3n) is 5.78. The molecule has 5 rings (SSSR count). The quantitative estimate of drug-likeness (QED) is 0.573. The second-order valence-corrected chi connectivity index (χ2v) is 8.81. The van der Waals surface area contributed by atoms with Gasteiger partial charge in [0.2, 0.25) is 5.95 Å². The molecule has 3 aromatic rings. The van der Waals surface area contributed by atoms with E-state index in [1.807, 2.05) is 18.3 Å². The lowest BCUT2D eigenvalue weighted by Crippen LogP contribution is -2.37. The molecular weight excluding hydrogens is 451 g/mol. The molecule has 0 saturated carbocycles. The standard InChI is InChI=1S/C21H22Cl2N8O/c22-16-5-13(6-17(23)7-16)9-24-21-25-10-15(11-26-21)19-8-20(29-32-19)31-3-1-14(2-4-31)18-12-27-30-28-18/h5-7,10-12,14,19H,1-4,8-9H2,(H,24,25,26)(H,27,28,30). The Labute approximate surface area is 195 Å². The van der Waals surface area contributed by atoms with E-state index < -0.39 is 0 Å². The van der Waals surface area contributed by atoms with Crippen LogP contribution in [0, 0.1) is 0 Å². The van der Waals surface area contributed by atoms with E-state index in [4.69, 9.17) is 28.0 Å². The summed E-state index contributed by atoms with van der Waals surface area (Å²) in [5.41, 5.74) is 2.90. The van der Waals surface area contributed by atoms with Crippen LogP contribution in [0.25, 0.3) is 0 Å². The second-order valence-electron chi connectivity index (χ2n) is 7.93. The van der Waals surface area contributed by atoms with E-state index >= 15 is 0 Å². The molecule has 9 nitrogen and oxygen atoms in total. The number of halogens is 2. The maximum absolute atomic E-state index is 6.05. The van der Waals surface area contributed by atoms with Gasteiger partial charge < -0.3 is 15.1 Å². The Hall–Kier alpha value is -2.91. The van der Waals surface area contributed by atoms with Crippen molar-refractivity contribution >= 4 is 35.0 Å². The molecule has 1 saturated heterocycles. The molecule has 0 aliphatic carbocycles. The highest BCUT2D eigenvalue weighted by atomic mass is 35.5. The Morgan fingerprint density at radius 1 is 1.06 bits per heavy atom. The van der Waals surface area contributed by atoms with Gasteiger partial charge >= 0.3 is 0 Å². The molecule has 1 fully saturated rings. The van der Waals surface area contributed by atoms with Crippen LogP contribution in [0.2, 0.25) is 10.0 Å². The third kappa shape index (κ3) is 4.78. The van der Waals surface area contributed by atoms with Gasteiger partial charge in [-0.05, 0) is 36.6 Å². The number of hydrogen-bond acceptors (Lipinski definition) is 8. The molecule has 1 aromatic carbocycles. The number of H-pyrrole nitrogens is 1. The van der Waals surface area contributed by atoms with Crippen LogP contribution in [0.5, 0.6) is 0 Å². The summed E-state index contributed by atoms with van der Waals surface area (Å²) in [6.07, 6.45) is 7.97. The summed E-state index contributed by atoms with van der Waals surface area (Å²) in [7, 11) is 0. The number of likely N-dealkylation sites (tertiary alicyclic amines) is 1. The van der Waals surface area contributed by atoms with Crippen molar-refractivity contribution in [3.05, 3.63) is 63.7 Å². The van der Waals surface area contributed by atoms with Crippen LogP contribution in [0.3, 0.4) is 0 Å². The number of aromatic nitrogens is 5. The molecule has 2 aromatic heterocycles. The fraction of sp³-hybridized carbons (Fsp3) is 0.381. The first-order chi connectivity index (χ1) is 15.6. The van der Waals surface area contributed by atoms with Gasteiger partial charge in [0.05, 0.1) is 18.3 Å². The van der Waals surface area contributed by atoms with Crippen molar-refractivity contribution < 1.29 is 4.84 Å². The van der Waals surface area contributed by atoms with Crippen molar-refractivity contribution in [3.63, 3.8) is 0 Å². The minimum Gasteiger partial charge on any atom is -0.386 e. The van der Waals surface area contributed by atoms with Crippen molar-refractivity contribution in [3.8, 4) is 0 Å². The Bertz CT molecular complexity index is 1060. The summed E-state index contributed by atoms with van der Waals surface area (Å²) >= 11 is 12.1. The molecule has 32 heavy (non-hydrogen) atoms. The molecule has 11 heteroatoms. The van der Waals surface area contributed by atoms with Crippen molar-refractivity contribution in [2.24, 2.45) is 5.16 Å². The van der Waals surface area contributed by atoms with Crippen molar-refractivity contribution in [1.29, 1.82) is 0 Å². The summed E-state index contributed by atoms with van der Waals surface area (Å²) in [6, 6.07) is 5.41. The molecule has 0 spiro atoms. The molecular formula is C21H22Cl2N8O. The van der Waals surface area contributed by atoms with Crippen LogP contribution in [-0.4, -0.2) is 49.2 Å². The van der Waals surface area contributed by atoms with Gasteiger partial charge in [-0.15, -0.1) is 0 Å². The van der Waals surface area contributed by atoms with Gasteiger partial charge in [-0.2, -0.15) is 15.4 Å². The van der Waals surface area contributed by atoms with Gasteiger partial charge in [-0.1, -0.05) is 28.4 Å². The lowest BCUT2D eigenvalue weighted by Gasteiger charge is -2.31. The van der Waals surface area contributed by atoms with Gasteiger partial charge in [-0.3, -0.25) is 0 Å². The predicted molar refractivity (Wildman–Crippen MR) is 122 cm³/mol. The average molecular weight is 473 g/mol. The second kappa shape index (κ2) is 9.30. The lowest BCUT2D eigenvalue weighted by molar-refractivity contribution is 0.0850. The number of hydrogen-bond donors (Lipinski definition) is 2. The highest BCUT2D eigenvalue weighted by molar-refractivity contribution is 6.34. The van der Waals surface area contributed by atoms with E-state index in [0.717, 1.165) is 48.6 Å². The number of rotatable bonds is 5. The van der Waals surface area contributed by atoms with Gasteiger partial charge in [0.15, 0.2) is 6.10 Å². The molecule has 0 amide bonds. The van der Waals surface area contributed by atoms with Crippen LogP contribution >= 0.6 is 23.2 Å². The van der Waals surface area contributed by atoms with Gasteiger partial charge in [0.1, 0.15) is 5.84 Å². The summed E-state index contributed by atoms with van der Waals surface area (Å²) in [5.74, 6) is 1.95. The number of aromatic amines is 1. The molecule has 0 bridgehead atoms. The Morgan fingerprint density at radius 2 is 1.81 bits per heavy atom. The largest absolute Gasteiger partial charge is 0.386 e.